The first kappa shape index (κ1) is 13.5. The van der Waals surface area contributed by atoms with E-state index in [-0.39, 0.29) is 16.3 Å². The summed E-state index contributed by atoms with van der Waals surface area (Å²) in [5.74, 6) is -0.345. The highest BCUT2D eigenvalue weighted by Crippen LogP contribution is 2.24. The first-order valence-electron chi connectivity index (χ1n) is 5.46. The van der Waals surface area contributed by atoms with Crippen molar-refractivity contribution in [2.45, 2.75) is 33.2 Å². The lowest BCUT2D eigenvalue weighted by molar-refractivity contribution is 0.279. The molecule has 0 aliphatic carbocycles. The third-order valence-electron chi connectivity index (χ3n) is 2.82. The molecule has 1 rings (SSSR count). The molecule has 0 radical (unpaired) electrons. The Morgan fingerprint density at radius 1 is 1.38 bits per heavy atom. The van der Waals surface area contributed by atoms with E-state index in [4.69, 9.17) is 11.6 Å². The van der Waals surface area contributed by atoms with Gasteiger partial charge in [0.1, 0.15) is 5.82 Å². The molecule has 16 heavy (non-hydrogen) atoms. The Morgan fingerprint density at radius 2 is 2.00 bits per heavy atom. The Labute approximate surface area is 102 Å². The molecule has 0 aliphatic heterocycles. The second kappa shape index (κ2) is 5.15. The van der Waals surface area contributed by atoms with Crippen molar-refractivity contribution in [3.8, 4) is 0 Å². The third kappa shape index (κ3) is 3.46. The second-order valence-corrected chi connectivity index (χ2v) is 5.57. The summed E-state index contributed by atoms with van der Waals surface area (Å²) in [5, 5.41) is 3.45. The number of benzene rings is 1. The molecule has 1 unspecified atom stereocenters. The minimum absolute atomic E-state index is 0.144. The average molecular weight is 244 g/mol. The monoisotopic (exact) mass is 243 g/mol. The van der Waals surface area contributed by atoms with Crippen molar-refractivity contribution >= 4 is 11.6 Å². The highest BCUT2D eigenvalue weighted by atomic mass is 35.5. The van der Waals surface area contributed by atoms with E-state index < -0.39 is 0 Å². The van der Waals surface area contributed by atoms with E-state index >= 15 is 0 Å². The summed E-state index contributed by atoms with van der Waals surface area (Å²) < 4.78 is 13.3. The van der Waals surface area contributed by atoms with Crippen LogP contribution in [0.25, 0.3) is 0 Å². The van der Waals surface area contributed by atoms with Gasteiger partial charge in [0.05, 0.1) is 5.02 Å². The first-order valence-corrected chi connectivity index (χ1v) is 5.83. The van der Waals surface area contributed by atoms with Gasteiger partial charge in [-0.2, -0.15) is 0 Å². The van der Waals surface area contributed by atoms with Gasteiger partial charge in [0, 0.05) is 6.04 Å². The van der Waals surface area contributed by atoms with Gasteiger partial charge in [0.2, 0.25) is 0 Å². The Bertz CT molecular complexity index is 357. The van der Waals surface area contributed by atoms with Crippen LogP contribution in [0.4, 0.5) is 4.39 Å². The SMILES string of the molecule is CNC(Cc1ccc(Cl)c(F)c1)C(C)(C)C. The molecule has 3 heteroatoms. The van der Waals surface area contributed by atoms with Crippen LogP contribution in [-0.2, 0) is 6.42 Å². The number of hydrogen-bond acceptors (Lipinski definition) is 1. The molecule has 0 saturated heterocycles. The van der Waals surface area contributed by atoms with E-state index in [1.54, 1.807) is 6.07 Å². The van der Waals surface area contributed by atoms with E-state index in [1.807, 2.05) is 13.1 Å². The molecule has 0 fully saturated rings. The second-order valence-electron chi connectivity index (χ2n) is 5.16. The predicted octanol–water partition coefficient (Wildman–Crippen LogP) is 3.66. The molecule has 0 bridgehead atoms. The molecular weight excluding hydrogens is 225 g/mol. The van der Waals surface area contributed by atoms with Crippen molar-refractivity contribution in [2.75, 3.05) is 7.05 Å². The third-order valence-corrected chi connectivity index (χ3v) is 3.12. The van der Waals surface area contributed by atoms with Crippen LogP contribution in [0, 0.1) is 11.2 Å². The quantitative estimate of drug-likeness (QED) is 0.855. The molecule has 1 aromatic rings. The van der Waals surface area contributed by atoms with Crippen LogP contribution in [0.1, 0.15) is 26.3 Å². The summed E-state index contributed by atoms with van der Waals surface area (Å²) in [7, 11) is 1.93. The smallest absolute Gasteiger partial charge is 0.142 e. The molecule has 1 atom stereocenters. The molecule has 0 spiro atoms. The topological polar surface area (TPSA) is 12.0 Å². The highest BCUT2D eigenvalue weighted by molar-refractivity contribution is 6.30. The number of rotatable bonds is 3. The largest absolute Gasteiger partial charge is 0.316 e. The van der Waals surface area contributed by atoms with E-state index in [9.17, 15) is 4.39 Å². The molecule has 90 valence electrons. The van der Waals surface area contributed by atoms with E-state index in [0.29, 0.717) is 6.04 Å². The zero-order valence-corrected chi connectivity index (χ0v) is 11.0. The van der Waals surface area contributed by atoms with Crippen LogP contribution in [0.15, 0.2) is 18.2 Å². The lowest BCUT2D eigenvalue weighted by Gasteiger charge is -2.30. The van der Waals surface area contributed by atoms with Crippen LogP contribution >= 0.6 is 11.6 Å². The van der Waals surface area contributed by atoms with Crippen molar-refractivity contribution < 1.29 is 4.39 Å². The fourth-order valence-corrected chi connectivity index (χ4v) is 1.86. The van der Waals surface area contributed by atoms with Gasteiger partial charge in [0.25, 0.3) is 0 Å². The van der Waals surface area contributed by atoms with Gasteiger partial charge in [-0.3, -0.25) is 0 Å². The summed E-state index contributed by atoms with van der Waals surface area (Å²) in [6.45, 7) is 6.50. The average Bonchev–Trinajstić information content (AvgIpc) is 2.18. The summed E-state index contributed by atoms with van der Waals surface area (Å²) in [6, 6.07) is 5.31. The van der Waals surface area contributed by atoms with Crippen molar-refractivity contribution in [3.63, 3.8) is 0 Å². The summed E-state index contributed by atoms with van der Waals surface area (Å²) in [4.78, 5) is 0. The minimum atomic E-state index is -0.345. The van der Waals surface area contributed by atoms with Crippen LogP contribution < -0.4 is 5.32 Å². The lowest BCUT2D eigenvalue weighted by Crippen LogP contribution is -2.39. The predicted molar refractivity (Wildman–Crippen MR) is 67.4 cm³/mol. The number of halogens is 2. The van der Waals surface area contributed by atoms with Crippen molar-refractivity contribution in [1.29, 1.82) is 0 Å². The van der Waals surface area contributed by atoms with Crippen molar-refractivity contribution in [3.05, 3.63) is 34.6 Å². The van der Waals surface area contributed by atoms with Gasteiger partial charge in [-0.05, 0) is 36.6 Å². The molecule has 1 nitrogen and oxygen atoms in total. The van der Waals surface area contributed by atoms with Crippen molar-refractivity contribution in [1.82, 2.24) is 5.32 Å². The molecule has 0 aromatic heterocycles. The van der Waals surface area contributed by atoms with E-state index in [0.717, 1.165) is 12.0 Å². The summed E-state index contributed by atoms with van der Waals surface area (Å²) in [5.41, 5.74) is 1.11. The molecule has 0 heterocycles. The van der Waals surface area contributed by atoms with Crippen LogP contribution in [0.3, 0.4) is 0 Å². The van der Waals surface area contributed by atoms with Gasteiger partial charge < -0.3 is 5.32 Å². The Hall–Kier alpha value is -0.600. The molecule has 1 N–H and O–H groups in total. The minimum Gasteiger partial charge on any atom is -0.316 e. The van der Waals surface area contributed by atoms with E-state index in [2.05, 4.69) is 26.1 Å². The zero-order valence-electron chi connectivity index (χ0n) is 10.3. The number of likely N-dealkylation sites (N-methyl/N-ethyl adjacent to an activating group) is 1. The van der Waals surface area contributed by atoms with Gasteiger partial charge in [-0.15, -0.1) is 0 Å². The maximum atomic E-state index is 13.3. The Morgan fingerprint density at radius 3 is 2.44 bits per heavy atom. The van der Waals surface area contributed by atoms with Crippen LogP contribution in [-0.4, -0.2) is 13.1 Å². The van der Waals surface area contributed by atoms with Crippen LogP contribution in [0.5, 0.6) is 0 Å². The van der Waals surface area contributed by atoms with E-state index in [1.165, 1.54) is 6.07 Å². The summed E-state index contributed by atoms with van der Waals surface area (Å²) in [6.07, 6.45) is 0.800. The highest BCUT2D eigenvalue weighted by Gasteiger charge is 2.23. The molecular formula is C13H19ClFN. The first-order chi connectivity index (χ1) is 7.34. The number of hydrogen-bond donors (Lipinski definition) is 1. The lowest BCUT2D eigenvalue weighted by atomic mass is 9.83. The van der Waals surface area contributed by atoms with Crippen LogP contribution in [0.2, 0.25) is 5.02 Å². The molecule has 0 aliphatic rings. The van der Waals surface area contributed by atoms with Gasteiger partial charge in [-0.1, -0.05) is 38.4 Å². The fourth-order valence-electron chi connectivity index (χ4n) is 1.74. The van der Waals surface area contributed by atoms with Gasteiger partial charge >= 0.3 is 0 Å². The molecule has 1 aromatic carbocycles. The van der Waals surface area contributed by atoms with Gasteiger partial charge in [-0.25, -0.2) is 4.39 Å². The fraction of sp³-hybridized carbons (Fsp3) is 0.538. The van der Waals surface area contributed by atoms with Crippen molar-refractivity contribution in [2.24, 2.45) is 5.41 Å². The zero-order chi connectivity index (χ0) is 12.3. The standard InChI is InChI=1S/C13H19ClFN/c1-13(2,3)12(16-4)8-9-5-6-10(14)11(15)7-9/h5-7,12,16H,8H2,1-4H3. The molecule has 0 amide bonds. The maximum absolute atomic E-state index is 13.3. The Balaban J connectivity index is 2.83. The maximum Gasteiger partial charge on any atom is 0.142 e. The summed E-state index contributed by atoms with van der Waals surface area (Å²) >= 11 is 5.65. The number of nitrogens with one attached hydrogen (secondary N) is 1. The normalized spacial score (nSPS) is 13.9. The van der Waals surface area contributed by atoms with Gasteiger partial charge in [0.15, 0.2) is 0 Å². The molecule has 0 saturated carbocycles. The Kier molecular flexibility index (Phi) is 4.34.